The molecule has 0 aliphatic carbocycles. The Morgan fingerprint density at radius 2 is 1.96 bits per heavy atom. The fourth-order valence-electron chi connectivity index (χ4n) is 3.58. The van der Waals surface area contributed by atoms with E-state index in [4.69, 9.17) is 4.74 Å². The van der Waals surface area contributed by atoms with Gasteiger partial charge in [-0.3, -0.25) is 14.5 Å². The summed E-state index contributed by atoms with van der Waals surface area (Å²) in [6.07, 6.45) is 0.766. The van der Waals surface area contributed by atoms with Crippen LogP contribution in [0.5, 0.6) is 0 Å². The zero-order valence-corrected chi connectivity index (χ0v) is 14.5. The van der Waals surface area contributed by atoms with E-state index in [1.807, 2.05) is 24.0 Å². The van der Waals surface area contributed by atoms with Crippen molar-refractivity contribution < 1.29 is 14.3 Å². The minimum Gasteiger partial charge on any atom is -0.464 e. The summed E-state index contributed by atoms with van der Waals surface area (Å²) in [5.41, 5.74) is 1.07. The average Bonchev–Trinajstić information content (AvgIpc) is 3.18. The van der Waals surface area contributed by atoms with Gasteiger partial charge in [0.05, 0.1) is 11.5 Å². The van der Waals surface area contributed by atoms with Crippen molar-refractivity contribution in [3.05, 3.63) is 34.7 Å². The van der Waals surface area contributed by atoms with Crippen molar-refractivity contribution in [2.24, 2.45) is 0 Å². The Morgan fingerprint density at radius 3 is 2.62 bits per heavy atom. The lowest BCUT2D eigenvalue weighted by Crippen LogP contribution is -2.53. The fraction of sp³-hybridized carbons (Fsp3) is 0.444. The average molecular weight is 344 g/mol. The summed E-state index contributed by atoms with van der Waals surface area (Å²) < 4.78 is 6.21. The number of hydrogen-bond acceptors (Lipinski definition) is 5. The van der Waals surface area contributed by atoms with E-state index in [1.54, 1.807) is 11.3 Å². The molecule has 2 aliphatic rings. The van der Waals surface area contributed by atoms with E-state index in [2.05, 4.69) is 17.0 Å². The number of carbonyl (C=O) groups excluding carboxylic acids is 2. The number of thiophene rings is 1. The predicted octanol–water partition coefficient (Wildman–Crippen LogP) is 2.28. The van der Waals surface area contributed by atoms with Crippen LogP contribution in [0.25, 0.3) is 10.1 Å². The summed E-state index contributed by atoms with van der Waals surface area (Å²) in [4.78, 5) is 29.5. The van der Waals surface area contributed by atoms with E-state index in [-0.39, 0.29) is 17.9 Å². The van der Waals surface area contributed by atoms with Gasteiger partial charge < -0.3 is 9.64 Å². The van der Waals surface area contributed by atoms with E-state index in [0.29, 0.717) is 19.7 Å². The number of carbonyl (C=O) groups is 2. The summed E-state index contributed by atoms with van der Waals surface area (Å²) in [5, 5.41) is 1.16. The number of benzene rings is 1. The molecule has 6 heteroatoms. The molecular weight excluding hydrogens is 324 g/mol. The van der Waals surface area contributed by atoms with Crippen LogP contribution in [-0.2, 0) is 9.53 Å². The first-order valence-corrected chi connectivity index (χ1v) is 9.15. The minimum absolute atomic E-state index is 0.113. The molecule has 1 aromatic heterocycles. The lowest BCUT2D eigenvalue weighted by atomic mass is 10.1. The third-order valence-corrected chi connectivity index (χ3v) is 6.25. The molecule has 4 rings (SSSR count). The number of hydrogen-bond donors (Lipinski definition) is 0. The highest BCUT2D eigenvalue weighted by Gasteiger charge is 2.35. The topological polar surface area (TPSA) is 49.9 Å². The third kappa shape index (κ3) is 2.59. The zero-order chi connectivity index (χ0) is 16.7. The monoisotopic (exact) mass is 344 g/mol. The van der Waals surface area contributed by atoms with E-state index >= 15 is 0 Å². The highest BCUT2D eigenvalue weighted by atomic mass is 32.1. The maximum Gasteiger partial charge on any atom is 0.323 e. The van der Waals surface area contributed by atoms with Crippen molar-refractivity contribution in [2.75, 3.05) is 32.8 Å². The summed E-state index contributed by atoms with van der Waals surface area (Å²) >= 11 is 1.57. The lowest BCUT2D eigenvalue weighted by molar-refractivity contribution is -0.142. The molecule has 126 valence electrons. The van der Waals surface area contributed by atoms with Gasteiger partial charge in [-0.1, -0.05) is 18.2 Å². The minimum atomic E-state index is -0.117. The van der Waals surface area contributed by atoms with E-state index in [1.165, 1.54) is 0 Å². The number of rotatable bonds is 2. The zero-order valence-electron chi connectivity index (χ0n) is 13.7. The van der Waals surface area contributed by atoms with Crippen LogP contribution < -0.4 is 0 Å². The Morgan fingerprint density at radius 1 is 1.21 bits per heavy atom. The van der Waals surface area contributed by atoms with Crippen LogP contribution in [0.3, 0.4) is 0 Å². The van der Waals surface area contributed by atoms with Gasteiger partial charge in [0.1, 0.15) is 6.04 Å². The van der Waals surface area contributed by atoms with Gasteiger partial charge in [0.25, 0.3) is 5.91 Å². The molecule has 24 heavy (non-hydrogen) atoms. The summed E-state index contributed by atoms with van der Waals surface area (Å²) in [6.45, 7) is 5.33. The molecule has 0 saturated carbocycles. The van der Waals surface area contributed by atoms with Crippen molar-refractivity contribution in [1.82, 2.24) is 9.80 Å². The van der Waals surface area contributed by atoms with Crippen LogP contribution in [0.1, 0.15) is 21.7 Å². The van der Waals surface area contributed by atoms with Gasteiger partial charge in [0.2, 0.25) is 0 Å². The smallest absolute Gasteiger partial charge is 0.323 e. The normalized spacial score (nSPS) is 22.1. The van der Waals surface area contributed by atoms with Crippen molar-refractivity contribution in [3.8, 4) is 0 Å². The van der Waals surface area contributed by atoms with Gasteiger partial charge >= 0.3 is 5.97 Å². The molecule has 2 saturated heterocycles. The van der Waals surface area contributed by atoms with Crippen molar-refractivity contribution in [1.29, 1.82) is 0 Å². The Hall–Kier alpha value is -1.92. The van der Waals surface area contributed by atoms with Crippen molar-refractivity contribution in [2.45, 2.75) is 19.4 Å². The highest BCUT2D eigenvalue weighted by molar-refractivity contribution is 7.21. The maximum absolute atomic E-state index is 12.9. The quantitative estimate of drug-likeness (QED) is 0.785. The van der Waals surface area contributed by atoms with Crippen LogP contribution in [-0.4, -0.2) is 60.5 Å². The van der Waals surface area contributed by atoms with Gasteiger partial charge in [-0.05, 0) is 23.9 Å². The SMILES string of the molecule is Cc1c(C(=O)N2CCN([C@@H]3CCOC3=O)CC2)sc2ccccc12. The molecule has 5 nitrogen and oxygen atoms in total. The van der Waals surface area contributed by atoms with Gasteiger partial charge in [0.15, 0.2) is 0 Å². The molecule has 1 amide bonds. The molecule has 2 aromatic rings. The third-order valence-electron chi connectivity index (χ3n) is 4.99. The van der Waals surface area contributed by atoms with E-state index in [9.17, 15) is 9.59 Å². The molecule has 0 unspecified atom stereocenters. The first-order valence-electron chi connectivity index (χ1n) is 8.33. The largest absolute Gasteiger partial charge is 0.464 e. The number of nitrogens with zero attached hydrogens (tertiary/aromatic N) is 2. The number of amides is 1. The molecule has 0 spiro atoms. The molecule has 2 aliphatic heterocycles. The van der Waals surface area contributed by atoms with Crippen LogP contribution in [0.4, 0.5) is 0 Å². The Kier molecular flexibility index (Phi) is 4.02. The number of aryl methyl sites for hydroxylation is 1. The molecule has 1 aromatic carbocycles. The van der Waals surface area contributed by atoms with Gasteiger partial charge in [-0.2, -0.15) is 0 Å². The fourth-order valence-corrected chi connectivity index (χ4v) is 4.75. The van der Waals surface area contributed by atoms with Gasteiger partial charge in [-0.25, -0.2) is 0 Å². The van der Waals surface area contributed by atoms with Crippen LogP contribution in [0.2, 0.25) is 0 Å². The molecular formula is C18H20N2O3S. The first kappa shape index (κ1) is 15.6. The Balaban J connectivity index is 1.47. The van der Waals surface area contributed by atoms with E-state index in [0.717, 1.165) is 40.0 Å². The standard InChI is InChI=1S/C18H20N2O3S/c1-12-13-4-2-3-5-15(13)24-16(12)17(21)20-9-7-19(8-10-20)14-6-11-23-18(14)22/h2-5,14H,6-11H2,1H3/t14-/m1/s1. The number of fused-ring (bicyclic) bond motifs is 1. The molecule has 0 N–H and O–H groups in total. The van der Waals surface area contributed by atoms with Crippen LogP contribution >= 0.6 is 11.3 Å². The summed E-state index contributed by atoms with van der Waals surface area (Å²) in [7, 11) is 0. The predicted molar refractivity (Wildman–Crippen MR) is 93.4 cm³/mol. The number of cyclic esters (lactones) is 1. The molecule has 1 atom stereocenters. The second-order valence-corrected chi connectivity index (χ2v) is 7.40. The second kappa shape index (κ2) is 6.18. The van der Waals surface area contributed by atoms with Crippen molar-refractivity contribution in [3.63, 3.8) is 0 Å². The Labute approximate surface area is 144 Å². The van der Waals surface area contributed by atoms with Crippen molar-refractivity contribution >= 4 is 33.3 Å². The lowest BCUT2D eigenvalue weighted by Gasteiger charge is -2.36. The maximum atomic E-state index is 12.9. The summed E-state index contributed by atoms with van der Waals surface area (Å²) in [6, 6.07) is 8.03. The summed E-state index contributed by atoms with van der Waals surface area (Å²) in [5.74, 6) is -0.00234. The molecule has 0 radical (unpaired) electrons. The van der Waals surface area contributed by atoms with E-state index < -0.39 is 0 Å². The van der Waals surface area contributed by atoms with Crippen LogP contribution in [0, 0.1) is 6.92 Å². The highest BCUT2D eigenvalue weighted by Crippen LogP contribution is 2.31. The number of piperazine rings is 1. The second-order valence-electron chi connectivity index (χ2n) is 6.35. The van der Waals surface area contributed by atoms with Crippen LogP contribution in [0.15, 0.2) is 24.3 Å². The van der Waals surface area contributed by atoms with Gasteiger partial charge in [-0.15, -0.1) is 11.3 Å². The molecule has 0 bridgehead atoms. The molecule has 3 heterocycles. The Bertz CT molecular complexity index is 793. The number of esters is 1. The van der Waals surface area contributed by atoms with Gasteiger partial charge in [0, 0.05) is 37.3 Å². The number of ether oxygens (including phenoxy) is 1. The molecule has 2 fully saturated rings. The first-order chi connectivity index (χ1) is 11.6.